The van der Waals surface area contributed by atoms with Gasteiger partial charge < -0.3 is 5.32 Å². The summed E-state index contributed by atoms with van der Waals surface area (Å²) in [5, 5.41) is 3.63. The van der Waals surface area contributed by atoms with Gasteiger partial charge in [0.05, 0.1) is 10.6 Å². The lowest BCUT2D eigenvalue weighted by molar-refractivity contribution is 0.0960. The molecule has 4 nitrogen and oxygen atoms in total. The van der Waals surface area contributed by atoms with Crippen molar-refractivity contribution in [1.29, 1.82) is 0 Å². The van der Waals surface area contributed by atoms with E-state index in [2.05, 4.69) is 5.32 Å². The lowest BCUT2D eigenvalue weighted by Crippen LogP contribution is -2.28. The second-order valence-corrected chi connectivity index (χ2v) is 7.38. The molecular weight excluding hydrogens is 270 g/mol. The Labute approximate surface area is 110 Å². The summed E-state index contributed by atoms with van der Waals surface area (Å²) in [7, 11) is -3.04. The van der Waals surface area contributed by atoms with Crippen LogP contribution in [0.5, 0.6) is 0 Å². The molecule has 1 N–H and O–H groups in total. The molecule has 1 aromatic heterocycles. The summed E-state index contributed by atoms with van der Waals surface area (Å²) in [5.41, 5.74) is 0. The van der Waals surface area contributed by atoms with Crippen LogP contribution in [0.15, 0.2) is 30.3 Å². The number of fused-ring (bicyclic) bond motifs is 1. The first-order valence-corrected chi connectivity index (χ1v) is 8.28. The first-order chi connectivity index (χ1) is 8.46. The molecule has 0 saturated heterocycles. The molecule has 0 bridgehead atoms. The van der Waals surface area contributed by atoms with E-state index in [4.69, 9.17) is 0 Å². The summed E-state index contributed by atoms with van der Waals surface area (Å²) in [4.78, 5) is 12.4. The van der Waals surface area contributed by atoms with Gasteiger partial charge in [-0.2, -0.15) is 0 Å². The van der Waals surface area contributed by atoms with Gasteiger partial charge in [-0.15, -0.1) is 11.3 Å². The molecular formula is C12H13NO3S2. The zero-order valence-corrected chi connectivity index (χ0v) is 11.5. The van der Waals surface area contributed by atoms with Gasteiger partial charge in [0.2, 0.25) is 0 Å². The third-order valence-corrected chi connectivity index (χ3v) is 4.47. The van der Waals surface area contributed by atoms with Crippen LogP contribution in [0.3, 0.4) is 0 Å². The van der Waals surface area contributed by atoms with E-state index in [-0.39, 0.29) is 18.2 Å². The molecule has 0 aliphatic rings. The van der Waals surface area contributed by atoms with E-state index in [1.807, 2.05) is 30.3 Å². The van der Waals surface area contributed by atoms with Crippen molar-refractivity contribution in [3.05, 3.63) is 35.2 Å². The van der Waals surface area contributed by atoms with E-state index in [0.717, 1.165) is 16.3 Å². The molecule has 0 fully saturated rings. The van der Waals surface area contributed by atoms with Gasteiger partial charge in [-0.1, -0.05) is 18.2 Å². The molecule has 0 saturated carbocycles. The number of carbonyl (C=O) groups excluding carboxylic acids is 1. The highest BCUT2D eigenvalue weighted by Crippen LogP contribution is 2.24. The molecule has 0 radical (unpaired) electrons. The van der Waals surface area contributed by atoms with Crippen LogP contribution in [0.25, 0.3) is 10.1 Å². The molecule has 1 heterocycles. The van der Waals surface area contributed by atoms with Crippen molar-refractivity contribution >= 4 is 37.2 Å². The fourth-order valence-electron chi connectivity index (χ4n) is 1.53. The third kappa shape index (κ3) is 3.30. The van der Waals surface area contributed by atoms with Crippen molar-refractivity contribution in [3.8, 4) is 0 Å². The smallest absolute Gasteiger partial charge is 0.261 e. The number of carbonyl (C=O) groups is 1. The van der Waals surface area contributed by atoms with Crippen LogP contribution in [0.2, 0.25) is 0 Å². The monoisotopic (exact) mass is 283 g/mol. The van der Waals surface area contributed by atoms with Crippen LogP contribution in [0.1, 0.15) is 9.67 Å². The quantitative estimate of drug-likeness (QED) is 0.928. The lowest BCUT2D eigenvalue weighted by Gasteiger charge is -2.01. The number of amides is 1. The molecule has 0 atom stereocenters. The van der Waals surface area contributed by atoms with Crippen LogP contribution < -0.4 is 5.32 Å². The highest BCUT2D eigenvalue weighted by molar-refractivity contribution is 7.90. The molecule has 1 aromatic carbocycles. The second-order valence-electron chi connectivity index (χ2n) is 4.03. The second kappa shape index (κ2) is 5.07. The Kier molecular flexibility index (Phi) is 3.68. The fraction of sp³-hybridized carbons (Fsp3) is 0.250. The van der Waals surface area contributed by atoms with Gasteiger partial charge in [-0.05, 0) is 17.5 Å². The van der Waals surface area contributed by atoms with E-state index >= 15 is 0 Å². The van der Waals surface area contributed by atoms with Crippen molar-refractivity contribution in [1.82, 2.24) is 5.32 Å². The Hall–Kier alpha value is -1.40. The van der Waals surface area contributed by atoms with E-state index in [0.29, 0.717) is 4.88 Å². The summed E-state index contributed by atoms with van der Waals surface area (Å²) in [6.45, 7) is 0.145. The van der Waals surface area contributed by atoms with Gasteiger partial charge in [-0.25, -0.2) is 8.42 Å². The number of nitrogens with one attached hydrogen (secondary N) is 1. The molecule has 1 amide bonds. The maximum absolute atomic E-state index is 11.8. The summed E-state index contributed by atoms with van der Waals surface area (Å²) in [5.74, 6) is -0.260. The Morgan fingerprint density at radius 2 is 2.06 bits per heavy atom. The Balaban J connectivity index is 2.05. The van der Waals surface area contributed by atoms with Crippen molar-refractivity contribution in [2.24, 2.45) is 0 Å². The molecule has 96 valence electrons. The number of hydrogen-bond acceptors (Lipinski definition) is 4. The average molecular weight is 283 g/mol. The number of benzene rings is 1. The molecule has 18 heavy (non-hydrogen) atoms. The molecule has 6 heteroatoms. The van der Waals surface area contributed by atoms with Gasteiger partial charge >= 0.3 is 0 Å². The van der Waals surface area contributed by atoms with Gasteiger partial charge in [0.25, 0.3) is 5.91 Å². The summed E-state index contributed by atoms with van der Waals surface area (Å²) >= 11 is 1.40. The molecule has 2 aromatic rings. The van der Waals surface area contributed by atoms with E-state index in [9.17, 15) is 13.2 Å². The molecule has 0 unspecified atom stereocenters. The highest BCUT2D eigenvalue weighted by Gasteiger charge is 2.10. The predicted octanol–water partition coefficient (Wildman–Crippen LogP) is 1.68. The van der Waals surface area contributed by atoms with Crippen LogP contribution in [-0.2, 0) is 9.84 Å². The maximum Gasteiger partial charge on any atom is 0.261 e. The van der Waals surface area contributed by atoms with Gasteiger partial charge in [0.15, 0.2) is 0 Å². The minimum atomic E-state index is -3.04. The fourth-order valence-corrected chi connectivity index (χ4v) is 2.98. The van der Waals surface area contributed by atoms with Crippen molar-refractivity contribution < 1.29 is 13.2 Å². The predicted molar refractivity (Wildman–Crippen MR) is 73.9 cm³/mol. The maximum atomic E-state index is 11.8. The summed E-state index contributed by atoms with van der Waals surface area (Å²) in [6.07, 6.45) is 1.15. The van der Waals surface area contributed by atoms with Crippen molar-refractivity contribution in [3.63, 3.8) is 0 Å². The van der Waals surface area contributed by atoms with Crippen LogP contribution >= 0.6 is 11.3 Å². The minimum absolute atomic E-state index is 0.0381. The van der Waals surface area contributed by atoms with Gasteiger partial charge in [-0.3, -0.25) is 4.79 Å². The number of thiophene rings is 1. The molecule has 0 aliphatic carbocycles. The van der Waals surface area contributed by atoms with Crippen LogP contribution in [0, 0.1) is 0 Å². The van der Waals surface area contributed by atoms with E-state index in [1.54, 1.807) is 0 Å². The summed E-state index contributed by atoms with van der Waals surface area (Å²) < 4.78 is 22.9. The SMILES string of the molecule is CS(=O)(=O)CCNC(=O)c1cc2ccccc2s1. The molecule has 2 rings (SSSR count). The number of hydrogen-bond donors (Lipinski definition) is 1. The number of sulfone groups is 1. The largest absolute Gasteiger partial charge is 0.350 e. The van der Waals surface area contributed by atoms with Crippen molar-refractivity contribution in [2.45, 2.75) is 0 Å². The zero-order valence-electron chi connectivity index (χ0n) is 9.84. The van der Waals surface area contributed by atoms with Crippen LogP contribution in [0.4, 0.5) is 0 Å². The third-order valence-electron chi connectivity index (χ3n) is 2.41. The highest BCUT2D eigenvalue weighted by atomic mass is 32.2. The first kappa shape index (κ1) is 13.0. The standard InChI is InChI=1S/C12H13NO3S2/c1-18(15,16)7-6-13-12(14)11-8-9-4-2-3-5-10(9)17-11/h2-5,8H,6-7H2,1H3,(H,13,14). The zero-order chi connectivity index (χ0) is 13.2. The Bertz CT molecular complexity index is 640. The normalized spacial score (nSPS) is 11.6. The van der Waals surface area contributed by atoms with Gasteiger partial charge in [0.1, 0.15) is 9.84 Å². The van der Waals surface area contributed by atoms with E-state index in [1.165, 1.54) is 11.3 Å². The topological polar surface area (TPSA) is 63.2 Å². The Morgan fingerprint density at radius 1 is 1.33 bits per heavy atom. The molecule has 0 spiro atoms. The minimum Gasteiger partial charge on any atom is -0.350 e. The lowest BCUT2D eigenvalue weighted by atomic mass is 10.2. The van der Waals surface area contributed by atoms with Crippen LogP contribution in [-0.4, -0.2) is 32.9 Å². The summed E-state index contributed by atoms with van der Waals surface area (Å²) in [6, 6.07) is 9.55. The molecule has 0 aliphatic heterocycles. The van der Waals surface area contributed by atoms with Gasteiger partial charge in [0, 0.05) is 17.5 Å². The Morgan fingerprint density at radius 3 is 2.72 bits per heavy atom. The number of rotatable bonds is 4. The first-order valence-electron chi connectivity index (χ1n) is 5.40. The average Bonchev–Trinajstić information content (AvgIpc) is 2.70. The van der Waals surface area contributed by atoms with E-state index < -0.39 is 9.84 Å². The van der Waals surface area contributed by atoms with Crippen molar-refractivity contribution in [2.75, 3.05) is 18.6 Å².